The second kappa shape index (κ2) is 3.92. The zero-order chi connectivity index (χ0) is 12.1. The summed E-state index contributed by atoms with van der Waals surface area (Å²) in [4.78, 5) is 0. The summed E-state index contributed by atoms with van der Waals surface area (Å²) in [6.07, 6.45) is 8.57. The summed E-state index contributed by atoms with van der Waals surface area (Å²) < 4.78 is 2.07. The van der Waals surface area contributed by atoms with Crippen molar-refractivity contribution in [1.82, 2.24) is 20.0 Å². The first kappa shape index (κ1) is 10.7. The van der Waals surface area contributed by atoms with E-state index < -0.39 is 0 Å². The van der Waals surface area contributed by atoms with Crippen LogP contribution in [0.5, 0.6) is 0 Å². The van der Waals surface area contributed by atoms with Crippen LogP contribution in [0.3, 0.4) is 0 Å². The third-order valence-corrected chi connectivity index (χ3v) is 4.70. The fourth-order valence-electron chi connectivity index (χ4n) is 3.77. The Morgan fingerprint density at radius 1 is 1.11 bits per heavy atom. The fourth-order valence-corrected chi connectivity index (χ4v) is 3.92. The van der Waals surface area contributed by atoms with Crippen molar-refractivity contribution >= 4 is 22.6 Å². The Labute approximate surface area is 110 Å². The first-order valence-corrected chi connectivity index (χ1v) is 7.04. The number of rotatable bonds is 1. The Morgan fingerprint density at radius 2 is 1.89 bits per heavy atom. The molecule has 2 aliphatic carbocycles. The van der Waals surface area contributed by atoms with Gasteiger partial charge in [-0.2, -0.15) is 5.10 Å². The van der Waals surface area contributed by atoms with Gasteiger partial charge >= 0.3 is 0 Å². The molecule has 0 amide bonds. The molecule has 0 saturated heterocycles. The molecule has 2 saturated carbocycles. The SMILES string of the molecule is Clc1cc2cnn([C@H]3CC4CC[C@@H](C4)C3)c2nn1. The van der Waals surface area contributed by atoms with Crippen LogP contribution < -0.4 is 0 Å². The highest BCUT2D eigenvalue weighted by Gasteiger charge is 2.35. The molecule has 2 fully saturated rings. The molecular weight excluding hydrogens is 248 g/mol. The number of nitrogens with zero attached hydrogens (tertiary/aromatic N) is 4. The van der Waals surface area contributed by atoms with Crippen LogP contribution in [-0.4, -0.2) is 20.0 Å². The molecule has 94 valence electrons. The summed E-state index contributed by atoms with van der Waals surface area (Å²) in [5, 5.41) is 14.1. The van der Waals surface area contributed by atoms with Crippen LogP contribution in [-0.2, 0) is 0 Å². The van der Waals surface area contributed by atoms with E-state index in [1.54, 1.807) is 0 Å². The molecule has 2 bridgehead atoms. The molecule has 18 heavy (non-hydrogen) atoms. The molecule has 2 aliphatic rings. The van der Waals surface area contributed by atoms with Crippen molar-refractivity contribution in [1.29, 1.82) is 0 Å². The number of halogens is 1. The predicted molar refractivity (Wildman–Crippen MR) is 69.4 cm³/mol. The standard InChI is InChI=1S/C13H15ClN4/c14-12-6-10-7-15-18(13(10)17-16-12)11-4-8-1-2-9(3-8)5-11/h6-9,11H,1-5H2/t8-,9?,11+/m0/s1. The van der Waals surface area contributed by atoms with Gasteiger partial charge in [-0.1, -0.05) is 24.4 Å². The first-order chi connectivity index (χ1) is 8.79. The van der Waals surface area contributed by atoms with Crippen LogP contribution >= 0.6 is 11.6 Å². The molecule has 0 aromatic carbocycles. The van der Waals surface area contributed by atoms with E-state index in [1.165, 1.54) is 32.1 Å². The molecule has 2 heterocycles. The molecule has 2 aromatic heterocycles. The van der Waals surface area contributed by atoms with Gasteiger partial charge in [0.2, 0.25) is 0 Å². The van der Waals surface area contributed by atoms with Gasteiger partial charge in [0.05, 0.1) is 12.2 Å². The lowest BCUT2D eigenvalue weighted by Crippen LogP contribution is -2.20. The van der Waals surface area contributed by atoms with Crippen molar-refractivity contribution in [3.05, 3.63) is 17.4 Å². The minimum atomic E-state index is 0.436. The van der Waals surface area contributed by atoms with Gasteiger partial charge < -0.3 is 0 Å². The Morgan fingerprint density at radius 3 is 2.67 bits per heavy atom. The molecule has 0 spiro atoms. The van der Waals surface area contributed by atoms with Crippen LogP contribution in [0.4, 0.5) is 0 Å². The van der Waals surface area contributed by atoms with E-state index in [0.29, 0.717) is 11.2 Å². The second-order valence-electron chi connectivity index (χ2n) is 5.71. The third-order valence-electron chi connectivity index (χ3n) is 4.52. The van der Waals surface area contributed by atoms with Crippen molar-refractivity contribution < 1.29 is 0 Å². The van der Waals surface area contributed by atoms with Crippen LogP contribution in [0, 0.1) is 11.8 Å². The fraction of sp³-hybridized carbons (Fsp3) is 0.615. The van der Waals surface area contributed by atoms with Crippen LogP contribution in [0.1, 0.15) is 38.1 Å². The molecule has 3 atom stereocenters. The van der Waals surface area contributed by atoms with Crippen molar-refractivity contribution in [2.24, 2.45) is 11.8 Å². The van der Waals surface area contributed by atoms with E-state index in [0.717, 1.165) is 22.9 Å². The quantitative estimate of drug-likeness (QED) is 0.792. The lowest BCUT2D eigenvalue weighted by atomic mass is 9.85. The summed E-state index contributed by atoms with van der Waals surface area (Å²) in [5.41, 5.74) is 0.880. The van der Waals surface area contributed by atoms with Crippen molar-refractivity contribution in [3.8, 4) is 0 Å². The van der Waals surface area contributed by atoms with Crippen molar-refractivity contribution in [2.75, 3.05) is 0 Å². The van der Waals surface area contributed by atoms with Gasteiger partial charge in [0.15, 0.2) is 10.8 Å². The summed E-state index contributed by atoms with van der Waals surface area (Å²) in [6, 6.07) is 2.34. The van der Waals surface area contributed by atoms with Crippen LogP contribution in [0.25, 0.3) is 11.0 Å². The summed E-state index contributed by atoms with van der Waals surface area (Å²) in [7, 11) is 0. The lowest BCUT2D eigenvalue weighted by molar-refractivity contribution is 0.251. The second-order valence-corrected chi connectivity index (χ2v) is 6.09. The largest absolute Gasteiger partial charge is 0.243 e. The highest BCUT2D eigenvalue weighted by atomic mass is 35.5. The van der Waals surface area contributed by atoms with Gasteiger partial charge in [-0.25, -0.2) is 4.68 Å². The number of aromatic nitrogens is 4. The Bertz CT molecular complexity index is 582. The van der Waals surface area contributed by atoms with Gasteiger partial charge in [0.25, 0.3) is 0 Å². The van der Waals surface area contributed by atoms with Gasteiger partial charge in [-0.15, -0.1) is 10.2 Å². The molecule has 1 unspecified atom stereocenters. The Balaban J connectivity index is 1.74. The van der Waals surface area contributed by atoms with Crippen LogP contribution in [0.15, 0.2) is 12.3 Å². The summed E-state index contributed by atoms with van der Waals surface area (Å²) in [5.74, 6) is 1.79. The number of hydrogen-bond acceptors (Lipinski definition) is 3. The average Bonchev–Trinajstić information content (AvgIpc) is 2.92. The molecule has 2 aromatic rings. The summed E-state index contributed by atoms with van der Waals surface area (Å²) >= 11 is 5.86. The third kappa shape index (κ3) is 1.62. The normalized spacial score (nSPS) is 31.1. The minimum Gasteiger partial charge on any atom is -0.243 e. The van der Waals surface area contributed by atoms with Crippen molar-refractivity contribution in [3.63, 3.8) is 0 Å². The molecular formula is C13H15ClN4. The zero-order valence-corrected chi connectivity index (χ0v) is 10.8. The molecule has 0 radical (unpaired) electrons. The van der Waals surface area contributed by atoms with E-state index in [1.807, 2.05) is 12.3 Å². The highest BCUT2D eigenvalue weighted by Crippen LogP contribution is 2.46. The molecule has 4 nitrogen and oxygen atoms in total. The van der Waals surface area contributed by atoms with Crippen molar-refractivity contribution in [2.45, 2.75) is 38.1 Å². The monoisotopic (exact) mass is 262 g/mol. The number of fused-ring (bicyclic) bond motifs is 3. The van der Waals surface area contributed by atoms with Gasteiger partial charge in [0, 0.05) is 5.39 Å². The number of hydrogen-bond donors (Lipinski definition) is 0. The molecule has 4 rings (SSSR count). The van der Waals surface area contributed by atoms with E-state index in [4.69, 9.17) is 11.6 Å². The maximum Gasteiger partial charge on any atom is 0.180 e. The Kier molecular flexibility index (Phi) is 2.34. The smallest absolute Gasteiger partial charge is 0.180 e. The molecule has 0 N–H and O–H groups in total. The maximum absolute atomic E-state index is 5.86. The molecule has 0 aliphatic heterocycles. The lowest BCUT2D eigenvalue weighted by Gasteiger charge is -2.27. The zero-order valence-electron chi connectivity index (χ0n) is 10.1. The van der Waals surface area contributed by atoms with E-state index in [9.17, 15) is 0 Å². The van der Waals surface area contributed by atoms with Gasteiger partial charge in [-0.3, -0.25) is 0 Å². The molecule has 5 heteroatoms. The van der Waals surface area contributed by atoms with E-state index >= 15 is 0 Å². The van der Waals surface area contributed by atoms with Gasteiger partial charge in [0.1, 0.15) is 0 Å². The topological polar surface area (TPSA) is 43.6 Å². The first-order valence-electron chi connectivity index (χ1n) is 6.66. The minimum absolute atomic E-state index is 0.436. The van der Waals surface area contributed by atoms with E-state index in [2.05, 4.69) is 20.0 Å². The Hall–Kier alpha value is -1.16. The summed E-state index contributed by atoms with van der Waals surface area (Å²) in [6.45, 7) is 0. The average molecular weight is 263 g/mol. The van der Waals surface area contributed by atoms with Crippen LogP contribution in [0.2, 0.25) is 5.15 Å². The highest BCUT2D eigenvalue weighted by molar-refractivity contribution is 6.29. The van der Waals surface area contributed by atoms with E-state index in [-0.39, 0.29) is 0 Å². The predicted octanol–water partition coefficient (Wildman–Crippen LogP) is 3.23. The maximum atomic E-state index is 5.86. The van der Waals surface area contributed by atoms with Gasteiger partial charge in [-0.05, 0) is 37.2 Å².